The van der Waals surface area contributed by atoms with Gasteiger partial charge in [0.2, 0.25) is 5.95 Å². The first-order valence-corrected chi connectivity index (χ1v) is 10.9. The standard InChI is InChI=1S/C22H22BrN5O2/c1-12-25-18-10-14(9-17(23)21(18)26-12)27-22-24-11-13-3-2-4-19(20(13)28-22)30-16-7-5-15(29)6-8-16/h2-4,9-11,15-16,29H,5-8H2,1H3,(H,25,26)(H,24,27,28)/t15-,16+. The first kappa shape index (κ1) is 19.3. The molecular weight excluding hydrogens is 446 g/mol. The van der Waals surface area contributed by atoms with Crippen molar-refractivity contribution in [2.75, 3.05) is 5.32 Å². The van der Waals surface area contributed by atoms with Gasteiger partial charge in [-0.15, -0.1) is 0 Å². The number of aliphatic hydroxyl groups is 1. The van der Waals surface area contributed by atoms with E-state index in [-0.39, 0.29) is 12.2 Å². The van der Waals surface area contributed by atoms with Gasteiger partial charge in [-0.25, -0.2) is 15.0 Å². The highest BCUT2D eigenvalue weighted by molar-refractivity contribution is 9.10. The molecule has 2 aromatic heterocycles. The van der Waals surface area contributed by atoms with E-state index in [1.165, 1.54) is 0 Å². The Hall–Kier alpha value is -2.71. The van der Waals surface area contributed by atoms with Crippen molar-refractivity contribution < 1.29 is 9.84 Å². The molecule has 4 aromatic rings. The Bertz CT molecular complexity index is 1220. The van der Waals surface area contributed by atoms with E-state index in [2.05, 4.69) is 36.2 Å². The Morgan fingerprint density at radius 1 is 1.13 bits per heavy atom. The van der Waals surface area contributed by atoms with Crippen LogP contribution in [0.25, 0.3) is 21.9 Å². The van der Waals surface area contributed by atoms with Crippen molar-refractivity contribution >= 4 is 49.5 Å². The van der Waals surface area contributed by atoms with Crippen molar-refractivity contribution in [2.45, 2.75) is 44.8 Å². The van der Waals surface area contributed by atoms with E-state index in [1.54, 1.807) is 6.20 Å². The molecular formula is C22H22BrN5O2. The second kappa shape index (κ2) is 7.85. The number of benzene rings is 2. The predicted octanol–water partition coefficient (Wildman–Crippen LogP) is 5.00. The predicted molar refractivity (Wildman–Crippen MR) is 120 cm³/mol. The molecule has 0 atom stereocenters. The van der Waals surface area contributed by atoms with E-state index in [4.69, 9.17) is 9.72 Å². The van der Waals surface area contributed by atoms with Crippen LogP contribution >= 0.6 is 15.9 Å². The number of aliphatic hydroxyl groups excluding tert-OH is 1. The first-order chi connectivity index (χ1) is 14.5. The fourth-order valence-electron chi connectivity index (χ4n) is 3.93. The number of aryl methyl sites for hydroxylation is 1. The summed E-state index contributed by atoms with van der Waals surface area (Å²) < 4.78 is 7.15. The minimum atomic E-state index is -0.203. The lowest BCUT2D eigenvalue weighted by atomic mass is 9.95. The van der Waals surface area contributed by atoms with Gasteiger partial charge in [-0.3, -0.25) is 0 Å². The first-order valence-electron chi connectivity index (χ1n) is 10.1. The number of rotatable bonds is 4. The summed E-state index contributed by atoms with van der Waals surface area (Å²) in [4.78, 5) is 16.9. The summed E-state index contributed by atoms with van der Waals surface area (Å²) in [6.07, 6.45) is 4.97. The molecule has 5 rings (SSSR count). The highest BCUT2D eigenvalue weighted by atomic mass is 79.9. The lowest BCUT2D eigenvalue weighted by Crippen LogP contribution is -2.26. The number of ether oxygens (including phenoxy) is 1. The molecule has 3 N–H and O–H groups in total. The maximum Gasteiger partial charge on any atom is 0.227 e. The smallest absolute Gasteiger partial charge is 0.227 e. The van der Waals surface area contributed by atoms with E-state index in [9.17, 15) is 5.11 Å². The van der Waals surface area contributed by atoms with Gasteiger partial charge >= 0.3 is 0 Å². The van der Waals surface area contributed by atoms with E-state index < -0.39 is 0 Å². The molecule has 0 spiro atoms. The number of H-pyrrole nitrogens is 1. The Labute approximate surface area is 182 Å². The zero-order chi connectivity index (χ0) is 20.7. The molecule has 7 nitrogen and oxygen atoms in total. The third-order valence-corrected chi connectivity index (χ3v) is 6.03. The van der Waals surface area contributed by atoms with Crippen LogP contribution in [-0.2, 0) is 0 Å². The summed E-state index contributed by atoms with van der Waals surface area (Å²) >= 11 is 3.58. The molecule has 30 heavy (non-hydrogen) atoms. The third kappa shape index (κ3) is 3.85. The number of anilines is 2. The van der Waals surface area contributed by atoms with Gasteiger partial charge in [-0.1, -0.05) is 12.1 Å². The van der Waals surface area contributed by atoms with E-state index in [1.807, 2.05) is 37.3 Å². The van der Waals surface area contributed by atoms with Gasteiger partial charge in [0.15, 0.2) is 0 Å². The number of hydrogen-bond donors (Lipinski definition) is 3. The summed E-state index contributed by atoms with van der Waals surface area (Å²) in [5, 5.41) is 13.9. The fourth-order valence-corrected chi connectivity index (χ4v) is 4.48. The van der Waals surface area contributed by atoms with Crippen molar-refractivity contribution in [1.29, 1.82) is 0 Å². The lowest BCUT2D eigenvalue weighted by molar-refractivity contribution is 0.0672. The van der Waals surface area contributed by atoms with Crippen LogP contribution in [0.1, 0.15) is 31.5 Å². The molecule has 154 valence electrons. The quantitative estimate of drug-likeness (QED) is 0.390. The zero-order valence-electron chi connectivity index (χ0n) is 16.5. The average Bonchev–Trinajstić information content (AvgIpc) is 3.11. The molecule has 0 radical (unpaired) electrons. The van der Waals surface area contributed by atoms with Crippen molar-refractivity contribution in [3.8, 4) is 5.75 Å². The summed E-state index contributed by atoms with van der Waals surface area (Å²) in [6, 6.07) is 9.83. The molecule has 1 aliphatic carbocycles. The number of hydrogen-bond acceptors (Lipinski definition) is 6. The van der Waals surface area contributed by atoms with Crippen LogP contribution in [0.3, 0.4) is 0 Å². The second-order valence-electron chi connectivity index (χ2n) is 7.74. The molecule has 1 fully saturated rings. The maximum absolute atomic E-state index is 9.73. The van der Waals surface area contributed by atoms with Crippen molar-refractivity contribution in [3.63, 3.8) is 0 Å². The summed E-state index contributed by atoms with van der Waals surface area (Å²) in [5.74, 6) is 2.11. The number of imidazole rings is 1. The zero-order valence-corrected chi connectivity index (χ0v) is 18.1. The summed E-state index contributed by atoms with van der Waals surface area (Å²) in [7, 11) is 0. The van der Waals surface area contributed by atoms with Gasteiger partial charge in [-0.05, 0) is 66.7 Å². The van der Waals surface area contributed by atoms with Crippen LogP contribution in [0.2, 0.25) is 0 Å². The van der Waals surface area contributed by atoms with Crippen LogP contribution < -0.4 is 10.1 Å². The molecule has 0 unspecified atom stereocenters. The molecule has 2 heterocycles. The van der Waals surface area contributed by atoms with E-state index in [0.717, 1.165) is 69.4 Å². The molecule has 0 amide bonds. The van der Waals surface area contributed by atoms with Crippen molar-refractivity contribution in [3.05, 3.63) is 46.8 Å². The van der Waals surface area contributed by atoms with Gasteiger partial charge in [-0.2, -0.15) is 0 Å². The molecule has 8 heteroatoms. The highest BCUT2D eigenvalue weighted by Crippen LogP contribution is 2.31. The van der Waals surface area contributed by atoms with Gasteiger partial charge in [0.25, 0.3) is 0 Å². The SMILES string of the molecule is Cc1nc2c(Br)cc(Nc3ncc4cccc(O[C@H]5CC[C@@H](O)CC5)c4n3)cc2[nH]1. The summed E-state index contributed by atoms with van der Waals surface area (Å²) in [6.45, 7) is 1.93. The molecule has 0 aliphatic heterocycles. The highest BCUT2D eigenvalue weighted by Gasteiger charge is 2.21. The summed E-state index contributed by atoms with van der Waals surface area (Å²) in [5.41, 5.74) is 3.47. The van der Waals surface area contributed by atoms with Crippen molar-refractivity contribution in [1.82, 2.24) is 19.9 Å². The molecule has 1 saturated carbocycles. The van der Waals surface area contributed by atoms with Crippen LogP contribution in [0.5, 0.6) is 5.75 Å². The maximum atomic E-state index is 9.73. The lowest BCUT2D eigenvalue weighted by Gasteiger charge is -2.26. The molecule has 0 bridgehead atoms. The average molecular weight is 468 g/mol. The monoisotopic (exact) mass is 467 g/mol. The van der Waals surface area contributed by atoms with E-state index >= 15 is 0 Å². The Morgan fingerprint density at radius 2 is 1.97 bits per heavy atom. The Morgan fingerprint density at radius 3 is 2.80 bits per heavy atom. The number of halogens is 1. The second-order valence-corrected chi connectivity index (χ2v) is 8.59. The van der Waals surface area contributed by atoms with Gasteiger partial charge < -0.3 is 20.1 Å². The van der Waals surface area contributed by atoms with Crippen LogP contribution in [0.15, 0.2) is 41.0 Å². The Kier molecular flexibility index (Phi) is 5.04. The van der Waals surface area contributed by atoms with E-state index in [0.29, 0.717) is 5.95 Å². The minimum Gasteiger partial charge on any atom is -0.488 e. The van der Waals surface area contributed by atoms with Crippen molar-refractivity contribution in [2.24, 2.45) is 0 Å². The number of nitrogens with one attached hydrogen (secondary N) is 2. The number of aromatic amines is 1. The Balaban J connectivity index is 1.44. The fraction of sp³-hybridized carbons (Fsp3) is 0.318. The van der Waals surface area contributed by atoms with Crippen LogP contribution in [0, 0.1) is 6.92 Å². The molecule has 1 aliphatic rings. The van der Waals surface area contributed by atoms with Gasteiger partial charge in [0.1, 0.15) is 22.6 Å². The van der Waals surface area contributed by atoms with Crippen LogP contribution in [-0.4, -0.2) is 37.3 Å². The largest absolute Gasteiger partial charge is 0.488 e. The van der Waals surface area contributed by atoms with Gasteiger partial charge in [0.05, 0.1) is 17.7 Å². The van der Waals surface area contributed by atoms with Gasteiger partial charge in [0, 0.05) is 21.7 Å². The number of nitrogens with zero attached hydrogens (tertiary/aromatic N) is 3. The topological polar surface area (TPSA) is 96.0 Å². The number of para-hydroxylation sites is 1. The number of aromatic nitrogens is 4. The van der Waals surface area contributed by atoms with Crippen LogP contribution in [0.4, 0.5) is 11.6 Å². The minimum absolute atomic E-state index is 0.104. The molecule has 2 aromatic carbocycles. The number of fused-ring (bicyclic) bond motifs is 2. The molecule has 0 saturated heterocycles. The third-order valence-electron chi connectivity index (χ3n) is 5.43. The normalized spacial score (nSPS) is 19.3.